The van der Waals surface area contributed by atoms with Gasteiger partial charge in [-0.2, -0.15) is 0 Å². The first-order valence-electron chi connectivity index (χ1n) is 9.34. The minimum absolute atomic E-state index is 0.0346. The Morgan fingerprint density at radius 1 is 1.17 bits per heavy atom. The van der Waals surface area contributed by atoms with Crippen LogP contribution in [-0.4, -0.2) is 59.4 Å². The van der Waals surface area contributed by atoms with Crippen molar-refractivity contribution in [2.75, 3.05) is 20.3 Å². The van der Waals surface area contributed by atoms with Crippen molar-refractivity contribution in [2.24, 2.45) is 0 Å². The Labute approximate surface area is 169 Å². The third-order valence-corrected chi connectivity index (χ3v) is 5.30. The molecule has 2 aromatic carbocycles. The number of Topliss-reactive ketones (excluding diaryl/α,β-unsaturated/α-hetero) is 1. The van der Waals surface area contributed by atoms with Crippen molar-refractivity contribution in [2.45, 2.75) is 24.9 Å². The molecule has 3 rings (SSSR count). The zero-order valence-electron chi connectivity index (χ0n) is 16.4. The van der Waals surface area contributed by atoms with E-state index in [1.165, 1.54) is 17.0 Å². The quantitative estimate of drug-likeness (QED) is 0.772. The molecule has 1 saturated heterocycles. The molecule has 2 atom stereocenters. The summed E-state index contributed by atoms with van der Waals surface area (Å²) in [5, 5.41) is 12.3. The number of likely N-dealkylation sites (N-methyl/N-ethyl adjacent to an activating group) is 1. The van der Waals surface area contributed by atoms with Crippen LogP contribution in [0.3, 0.4) is 0 Å². The molecule has 152 valence electrons. The molecule has 2 amide bonds. The van der Waals surface area contributed by atoms with E-state index in [0.29, 0.717) is 5.56 Å². The highest BCUT2D eigenvalue weighted by Crippen LogP contribution is 2.23. The van der Waals surface area contributed by atoms with E-state index < -0.39 is 11.6 Å². The number of hydrogen-bond acceptors (Lipinski definition) is 5. The van der Waals surface area contributed by atoms with Gasteiger partial charge < -0.3 is 20.1 Å². The summed E-state index contributed by atoms with van der Waals surface area (Å²) in [4.78, 5) is 39.6. The Morgan fingerprint density at radius 3 is 2.41 bits per heavy atom. The van der Waals surface area contributed by atoms with Gasteiger partial charge in [0.2, 0.25) is 5.91 Å². The van der Waals surface area contributed by atoms with Gasteiger partial charge in [-0.1, -0.05) is 30.3 Å². The lowest BCUT2D eigenvalue weighted by molar-refractivity contribution is -0.142. The monoisotopic (exact) mass is 396 g/mol. The molecular weight excluding hydrogens is 372 g/mol. The second-order valence-corrected chi connectivity index (χ2v) is 7.35. The van der Waals surface area contributed by atoms with E-state index in [0.717, 1.165) is 5.56 Å². The van der Waals surface area contributed by atoms with E-state index in [1.807, 2.05) is 0 Å². The van der Waals surface area contributed by atoms with Gasteiger partial charge in [-0.3, -0.25) is 14.4 Å². The SMILES string of the molecule is CN(C(=O)C(Cc1ccc(O)cc1)NC(=O)c1ccccc1)C1(C)COCC1=O. The molecule has 0 saturated carbocycles. The molecule has 0 spiro atoms. The average Bonchev–Trinajstić information content (AvgIpc) is 3.08. The van der Waals surface area contributed by atoms with E-state index in [-0.39, 0.29) is 43.0 Å². The molecule has 0 aromatic heterocycles. The van der Waals surface area contributed by atoms with Crippen LogP contribution >= 0.6 is 0 Å². The average molecular weight is 396 g/mol. The number of carbonyl (C=O) groups excluding carboxylic acids is 3. The summed E-state index contributed by atoms with van der Waals surface area (Å²) < 4.78 is 5.25. The standard InChI is InChI=1S/C22H24N2O5/c1-22(14-29-13-19(22)26)24(2)21(28)18(12-15-8-10-17(25)11-9-15)23-20(27)16-6-4-3-5-7-16/h3-11,18,25H,12-14H2,1-2H3,(H,23,27). The summed E-state index contributed by atoms with van der Waals surface area (Å²) in [6, 6.07) is 14.2. The fourth-order valence-corrected chi connectivity index (χ4v) is 3.24. The summed E-state index contributed by atoms with van der Waals surface area (Å²) in [6.07, 6.45) is 0.215. The summed E-state index contributed by atoms with van der Waals surface area (Å²) >= 11 is 0. The Morgan fingerprint density at radius 2 is 1.83 bits per heavy atom. The predicted molar refractivity (Wildman–Crippen MR) is 107 cm³/mol. The maximum Gasteiger partial charge on any atom is 0.251 e. The molecule has 0 bridgehead atoms. The number of amides is 2. The lowest BCUT2D eigenvalue weighted by Gasteiger charge is -2.35. The number of nitrogens with zero attached hydrogens (tertiary/aromatic N) is 1. The van der Waals surface area contributed by atoms with Crippen molar-refractivity contribution in [3.8, 4) is 5.75 Å². The number of aromatic hydroxyl groups is 1. The summed E-state index contributed by atoms with van der Waals surface area (Å²) in [5.74, 6) is -0.826. The number of benzene rings is 2. The minimum atomic E-state index is -1.07. The van der Waals surface area contributed by atoms with Gasteiger partial charge in [-0.25, -0.2) is 0 Å². The van der Waals surface area contributed by atoms with Crippen molar-refractivity contribution in [3.63, 3.8) is 0 Å². The number of carbonyl (C=O) groups is 3. The molecule has 0 aliphatic carbocycles. The van der Waals surface area contributed by atoms with E-state index >= 15 is 0 Å². The van der Waals surface area contributed by atoms with Crippen LogP contribution in [0.25, 0.3) is 0 Å². The first kappa shape index (κ1) is 20.5. The van der Waals surface area contributed by atoms with Crippen LogP contribution in [0, 0.1) is 0 Å². The fourth-order valence-electron chi connectivity index (χ4n) is 3.24. The molecular formula is C22H24N2O5. The Hall–Kier alpha value is -3.19. The molecule has 0 radical (unpaired) electrons. The lowest BCUT2D eigenvalue weighted by Crippen LogP contribution is -2.58. The van der Waals surface area contributed by atoms with Crippen LogP contribution in [0.15, 0.2) is 54.6 Å². The van der Waals surface area contributed by atoms with Crippen LogP contribution in [-0.2, 0) is 20.7 Å². The highest BCUT2D eigenvalue weighted by molar-refractivity contribution is 6.00. The first-order chi connectivity index (χ1) is 13.8. The molecule has 1 aliphatic rings. The van der Waals surface area contributed by atoms with Crippen molar-refractivity contribution >= 4 is 17.6 Å². The zero-order chi connectivity index (χ0) is 21.0. The molecule has 29 heavy (non-hydrogen) atoms. The number of ether oxygens (including phenoxy) is 1. The molecule has 1 fully saturated rings. The second-order valence-electron chi connectivity index (χ2n) is 7.35. The molecule has 7 heteroatoms. The van der Waals surface area contributed by atoms with Gasteiger partial charge in [-0.15, -0.1) is 0 Å². The van der Waals surface area contributed by atoms with Crippen molar-refractivity contribution in [1.29, 1.82) is 0 Å². The smallest absolute Gasteiger partial charge is 0.251 e. The number of phenols is 1. The zero-order valence-corrected chi connectivity index (χ0v) is 16.4. The molecule has 2 aromatic rings. The fraction of sp³-hybridized carbons (Fsp3) is 0.318. The van der Waals surface area contributed by atoms with E-state index in [4.69, 9.17) is 4.74 Å². The van der Waals surface area contributed by atoms with E-state index in [9.17, 15) is 19.5 Å². The third-order valence-electron chi connectivity index (χ3n) is 5.30. The molecule has 1 heterocycles. The number of nitrogens with one attached hydrogen (secondary N) is 1. The number of hydrogen-bond donors (Lipinski definition) is 2. The van der Waals surface area contributed by atoms with Gasteiger partial charge in [0, 0.05) is 19.0 Å². The number of ketones is 1. The van der Waals surface area contributed by atoms with Crippen molar-refractivity contribution in [3.05, 3.63) is 65.7 Å². The van der Waals surface area contributed by atoms with Crippen LogP contribution in [0.1, 0.15) is 22.8 Å². The highest BCUT2D eigenvalue weighted by atomic mass is 16.5. The third kappa shape index (κ3) is 4.46. The largest absolute Gasteiger partial charge is 0.508 e. The molecule has 2 N–H and O–H groups in total. The minimum Gasteiger partial charge on any atom is -0.508 e. The Balaban J connectivity index is 1.84. The van der Waals surface area contributed by atoms with Crippen LogP contribution in [0.2, 0.25) is 0 Å². The van der Waals surface area contributed by atoms with Crippen molar-refractivity contribution < 1.29 is 24.2 Å². The Kier molecular flexibility index (Phi) is 5.98. The summed E-state index contributed by atoms with van der Waals surface area (Å²) in [6.45, 7) is 1.75. The maximum atomic E-state index is 13.3. The predicted octanol–water partition coefficient (Wildman–Crippen LogP) is 1.55. The molecule has 1 aliphatic heterocycles. The van der Waals surface area contributed by atoms with E-state index in [2.05, 4.69) is 5.32 Å². The van der Waals surface area contributed by atoms with Crippen LogP contribution in [0.4, 0.5) is 0 Å². The number of rotatable bonds is 6. The summed E-state index contributed by atoms with van der Waals surface area (Å²) in [7, 11) is 1.55. The first-order valence-corrected chi connectivity index (χ1v) is 9.34. The molecule has 7 nitrogen and oxygen atoms in total. The van der Waals surface area contributed by atoms with Crippen molar-refractivity contribution in [1.82, 2.24) is 10.2 Å². The lowest BCUT2D eigenvalue weighted by atomic mass is 9.96. The topological polar surface area (TPSA) is 95.9 Å². The maximum absolute atomic E-state index is 13.3. The molecule has 2 unspecified atom stereocenters. The second kappa shape index (κ2) is 8.45. The summed E-state index contributed by atoms with van der Waals surface area (Å²) in [5.41, 5.74) is 0.133. The van der Waals surface area contributed by atoms with Gasteiger partial charge >= 0.3 is 0 Å². The van der Waals surface area contributed by atoms with Gasteiger partial charge in [0.1, 0.15) is 23.9 Å². The van der Waals surface area contributed by atoms with Gasteiger partial charge in [-0.05, 0) is 36.8 Å². The van der Waals surface area contributed by atoms with Gasteiger partial charge in [0.15, 0.2) is 5.78 Å². The Bertz CT molecular complexity index is 897. The van der Waals surface area contributed by atoms with E-state index in [1.54, 1.807) is 56.4 Å². The van der Waals surface area contributed by atoms with Crippen LogP contribution in [0.5, 0.6) is 5.75 Å². The number of phenolic OH excluding ortho intramolecular Hbond substituents is 1. The normalized spacial score (nSPS) is 19.6. The van der Waals surface area contributed by atoms with Crippen LogP contribution < -0.4 is 5.32 Å². The van der Waals surface area contributed by atoms with Gasteiger partial charge in [0.25, 0.3) is 5.91 Å². The van der Waals surface area contributed by atoms with Gasteiger partial charge in [0.05, 0.1) is 6.61 Å². The highest BCUT2D eigenvalue weighted by Gasteiger charge is 2.45.